The fourth-order valence-corrected chi connectivity index (χ4v) is 1.43. The Kier molecular flexibility index (Phi) is 15.3. The third-order valence-electron chi connectivity index (χ3n) is 2.47. The average Bonchev–Trinajstić information content (AvgIpc) is 2.51. The van der Waals surface area contributed by atoms with E-state index in [0.29, 0.717) is 52.7 Å². The van der Waals surface area contributed by atoms with Crippen molar-refractivity contribution in [3.63, 3.8) is 0 Å². The molecular formula is C15H28N2O7. The Morgan fingerprint density at radius 2 is 1.17 bits per heavy atom. The molecule has 0 aromatic rings. The van der Waals surface area contributed by atoms with Gasteiger partial charge in [0.05, 0.1) is 39.6 Å². The summed E-state index contributed by atoms with van der Waals surface area (Å²) in [6.07, 6.45) is 0. The lowest BCUT2D eigenvalue weighted by Gasteiger charge is -2.08. The van der Waals surface area contributed by atoms with Crippen LogP contribution >= 0.6 is 0 Å². The van der Waals surface area contributed by atoms with Gasteiger partial charge in [0.2, 0.25) is 11.8 Å². The zero-order chi connectivity index (χ0) is 18.0. The third-order valence-corrected chi connectivity index (χ3v) is 2.47. The van der Waals surface area contributed by atoms with E-state index < -0.39 is 0 Å². The molecule has 0 aliphatic carbocycles. The van der Waals surface area contributed by atoms with Crippen molar-refractivity contribution in [2.24, 2.45) is 0 Å². The molecule has 0 aliphatic rings. The molecule has 0 saturated heterocycles. The van der Waals surface area contributed by atoms with Crippen molar-refractivity contribution in [1.29, 1.82) is 0 Å². The first-order valence-electron chi connectivity index (χ1n) is 7.84. The highest BCUT2D eigenvalue weighted by Crippen LogP contribution is 1.81. The number of nitrogens with one attached hydrogen (secondary N) is 2. The molecule has 140 valence electrons. The summed E-state index contributed by atoms with van der Waals surface area (Å²) in [5.41, 5.74) is 0. The van der Waals surface area contributed by atoms with E-state index in [9.17, 15) is 14.4 Å². The number of carbonyl (C=O) groups excluding carboxylic acids is 3. The van der Waals surface area contributed by atoms with Gasteiger partial charge in [-0.2, -0.15) is 0 Å². The fraction of sp³-hybridized carbons (Fsp3) is 0.800. The predicted molar refractivity (Wildman–Crippen MR) is 85.7 cm³/mol. The van der Waals surface area contributed by atoms with Crippen molar-refractivity contribution < 1.29 is 33.3 Å². The van der Waals surface area contributed by atoms with Gasteiger partial charge in [0.25, 0.3) is 0 Å². The molecule has 9 heteroatoms. The number of carbonyl (C=O) groups is 3. The van der Waals surface area contributed by atoms with Gasteiger partial charge in [0, 0.05) is 20.0 Å². The smallest absolute Gasteiger partial charge is 0.246 e. The van der Waals surface area contributed by atoms with Gasteiger partial charge < -0.3 is 29.6 Å². The Hall–Kier alpha value is -1.55. The van der Waals surface area contributed by atoms with Crippen LogP contribution in [0.15, 0.2) is 0 Å². The second-order valence-corrected chi connectivity index (χ2v) is 4.86. The molecule has 0 saturated carbocycles. The molecule has 24 heavy (non-hydrogen) atoms. The van der Waals surface area contributed by atoms with Gasteiger partial charge in [-0.15, -0.1) is 0 Å². The summed E-state index contributed by atoms with van der Waals surface area (Å²) in [7, 11) is 0. The van der Waals surface area contributed by atoms with Gasteiger partial charge >= 0.3 is 0 Å². The van der Waals surface area contributed by atoms with Crippen molar-refractivity contribution in [1.82, 2.24) is 10.6 Å². The van der Waals surface area contributed by atoms with Crippen LogP contribution < -0.4 is 10.6 Å². The summed E-state index contributed by atoms with van der Waals surface area (Å²) in [5, 5.41) is 5.24. The molecule has 0 spiro atoms. The van der Waals surface area contributed by atoms with Crippen molar-refractivity contribution in [3.8, 4) is 0 Å². The summed E-state index contributed by atoms with van der Waals surface area (Å²) < 4.78 is 20.6. The van der Waals surface area contributed by atoms with Crippen LogP contribution in [0.1, 0.15) is 13.8 Å². The van der Waals surface area contributed by atoms with Gasteiger partial charge in [0.1, 0.15) is 13.2 Å². The molecule has 0 unspecified atom stereocenters. The molecule has 9 nitrogen and oxygen atoms in total. The number of hydrogen-bond donors (Lipinski definition) is 2. The highest BCUT2D eigenvalue weighted by atomic mass is 16.5. The number of rotatable bonds is 16. The van der Waals surface area contributed by atoms with Gasteiger partial charge in [-0.1, -0.05) is 0 Å². The molecule has 0 aliphatic heterocycles. The van der Waals surface area contributed by atoms with Crippen LogP contribution in [0.4, 0.5) is 0 Å². The Bertz CT molecular complexity index is 332. The predicted octanol–water partition coefficient (Wildman–Crippen LogP) is -1.11. The summed E-state index contributed by atoms with van der Waals surface area (Å²) in [6.45, 7) is 5.92. The van der Waals surface area contributed by atoms with Gasteiger partial charge in [-0.05, 0) is 6.92 Å². The van der Waals surface area contributed by atoms with E-state index in [4.69, 9.17) is 18.9 Å². The maximum atomic E-state index is 11.4. The number of ether oxygens (including phenoxy) is 4. The van der Waals surface area contributed by atoms with E-state index >= 15 is 0 Å². The zero-order valence-corrected chi connectivity index (χ0v) is 14.4. The topological polar surface area (TPSA) is 112 Å². The van der Waals surface area contributed by atoms with E-state index in [1.165, 1.54) is 13.8 Å². The van der Waals surface area contributed by atoms with E-state index in [1.54, 1.807) is 0 Å². The van der Waals surface area contributed by atoms with Crippen LogP contribution in [0.3, 0.4) is 0 Å². The highest BCUT2D eigenvalue weighted by Gasteiger charge is 2.01. The minimum absolute atomic E-state index is 0.0274. The van der Waals surface area contributed by atoms with Crippen molar-refractivity contribution in [2.45, 2.75) is 13.8 Å². The molecule has 2 amide bonds. The Labute approximate surface area is 142 Å². The monoisotopic (exact) mass is 348 g/mol. The minimum atomic E-state index is -0.232. The molecule has 0 heterocycles. The minimum Gasteiger partial charge on any atom is -0.377 e. The molecule has 0 rings (SSSR count). The normalized spacial score (nSPS) is 10.4. The van der Waals surface area contributed by atoms with Crippen molar-refractivity contribution in [3.05, 3.63) is 0 Å². The van der Waals surface area contributed by atoms with Crippen LogP contribution in [0.25, 0.3) is 0 Å². The standard InChI is InChI=1S/C15H28N2O7/c1-13(18)11-23-9-7-22-6-4-17-15(20)12-24-10-8-21-5-3-16-14(2)19/h3-12H2,1-2H3,(H,16,19)(H,17,20). The number of hydrogen-bond acceptors (Lipinski definition) is 7. The SMILES string of the molecule is CC(=O)COCCOCCNC(=O)COCCOCCNC(C)=O. The van der Waals surface area contributed by atoms with Gasteiger partial charge in [-0.25, -0.2) is 0 Å². The first kappa shape index (κ1) is 22.4. The molecule has 2 N–H and O–H groups in total. The van der Waals surface area contributed by atoms with Crippen LogP contribution in [0.2, 0.25) is 0 Å². The molecule has 0 radical (unpaired) electrons. The van der Waals surface area contributed by atoms with E-state index in [1.807, 2.05) is 0 Å². The first-order valence-corrected chi connectivity index (χ1v) is 7.84. The van der Waals surface area contributed by atoms with Crippen LogP contribution in [-0.2, 0) is 33.3 Å². The molecule has 0 fully saturated rings. The molecule has 0 aromatic heterocycles. The van der Waals surface area contributed by atoms with Crippen LogP contribution in [0.5, 0.6) is 0 Å². The molecule has 0 atom stereocenters. The van der Waals surface area contributed by atoms with Crippen molar-refractivity contribution >= 4 is 17.6 Å². The van der Waals surface area contributed by atoms with Crippen molar-refractivity contribution in [2.75, 3.05) is 65.9 Å². The second-order valence-electron chi connectivity index (χ2n) is 4.86. The Morgan fingerprint density at radius 1 is 0.667 bits per heavy atom. The summed E-state index contributed by atoms with van der Waals surface area (Å²) in [4.78, 5) is 32.6. The highest BCUT2D eigenvalue weighted by molar-refractivity contribution is 5.77. The first-order chi connectivity index (χ1) is 11.5. The van der Waals surface area contributed by atoms with E-state index in [-0.39, 0.29) is 30.8 Å². The fourth-order valence-electron chi connectivity index (χ4n) is 1.43. The van der Waals surface area contributed by atoms with E-state index in [0.717, 1.165) is 0 Å². The largest absolute Gasteiger partial charge is 0.377 e. The zero-order valence-electron chi connectivity index (χ0n) is 14.4. The molecular weight excluding hydrogens is 320 g/mol. The Morgan fingerprint density at radius 3 is 1.71 bits per heavy atom. The van der Waals surface area contributed by atoms with Crippen LogP contribution in [0, 0.1) is 0 Å². The third kappa shape index (κ3) is 18.5. The Balaban J connectivity index is 3.21. The van der Waals surface area contributed by atoms with E-state index in [2.05, 4.69) is 10.6 Å². The number of ketones is 1. The number of Topliss-reactive ketones (excluding diaryl/α,β-unsaturated/α-hetero) is 1. The van der Waals surface area contributed by atoms with Gasteiger partial charge in [0.15, 0.2) is 5.78 Å². The lowest BCUT2D eigenvalue weighted by atomic mass is 10.5. The lowest BCUT2D eigenvalue weighted by Crippen LogP contribution is -2.31. The summed E-state index contributed by atoms with van der Waals surface area (Å²) >= 11 is 0. The quantitative estimate of drug-likeness (QED) is 0.340. The molecule has 0 bridgehead atoms. The summed E-state index contributed by atoms with van der Waals surface area (Å²) in [6, 6.07) is 0. The maximum absolute atomic E-state index is 11.4. The average molecular weight is 348 g/mol. The maximum Gasteiger partial charge on any atom is 0.246 e. The van der Waals surface area contributed by atoms with Gasteiger partial charge in [-0.3, -0.25) is 14.4 Å². The van der Waals surface area contributed by atoms with Crippen LogP contribution in [-0.4, -0.2) is 83.5 Å². The molecule has 0 aromatic carbocycles. The lowest BCUT2D eigenvalue weighted by molar-refractivity contribution is -0.127. The number of amides is 2. The summed E-state index contributed by atoms with van der Waals surface area (Å²) in [5.74, 6) is -0.357. The second kappa shape index (κ2) is 16.3.